The third-order valence-corrected chi connectivity index (χ3v) is 4.21. The Kier molecular flexibility index (Phi) is 6.52. The van der Waals surface area contributed by atoms with E-state index in [0.717, 1.165) is 12.1 Å². The third kappa shape index (κ3) is 4.95. The number of hydrogen-bond acceptors (Lipinski definition) is 4. The van der Waals surface area contributed by atoms with Crippen LogP contribution >= 0.6 is 0 Å². The first-order valence-corrected chi connectivity index (χ1v) is 9.27. The summed E-state index contributed by atoms with van der Waals surface area (Å²) in [7, 11) is 1.51. The van der Waals surface area contributed by atoms with Crippen molar-refractivity contribution in [3.05, 3.63) is 78.1 Å². The Morgan fingerprint density at radius 3 is 2.14 bits per heavy atom. The van der Waals surface area contributed by atoms with E-state index in [9.17, 15) is 9.59 Å². The molecule has 150 valence electrons. The van der Waals surface area contributed by atoms with E-state index in [0.29, 0.717) is 29.2 Å². The molecule has 0 saturated heterocycles. The molecule has 2 N–H and O–H groups in total. The zero-order chi connectivity index (χ0) is 20.6. The summed E-state index contributed by atoms with van der Waals surface area (Å²) in [6, 6.07) is 15.7. The number of carbonyl (C=O) groups is 2. The number of nitrogens with one attached hydrogen (secondary N) is 2. The quantitative estimate of drug-likeness (QED) is 0.603. The predicted molar refractivity (Wildman–Crippen MR) is 109 cm³/mol. The summed E-state index contributed by atoms with van der Waals surface area (Å²) in [5, 5.41) is 0. The monoisotopic (exact) mass is 393 g/mol. The highest BCUT2D eigenvalue weighted by molar-refractivity contribution is 5.99. The van der Waals surface area contributed by atoms with Crippen LogP contribution in [-0.2, 0) is 0 Å². The largest absolute Gasteiger partial charge is 0.493 e. The highest BCUT2D eigenvalue weighted by Crippen LogP contribution is 2.28. The van der Waals surface area contributed by atoms with Crippen LogP contribution in [0.15, 0.2) is 67.0 Å². The van der Waals surface area contributed by atoms with Crippen LogP contribution in [0.25, 0.3) is 5.69 Å². The Bertz CT molecular complexity index is 966. The van der Waals surface area contributed by atoms with Gasteiger partial charge >= 0.3 is 0 Å². The van der Waals surface area contributed by atoms with Crippen molar-refractivity contribution in [1.82, 2.24) is 15.4 Å². The molecule has 0 radical (unpaired) electrons. The molecule has 7 nitrogen and oxygen atoms in total. The molecule has 3 aromatic rings. The van der Waals surface area contributed by atoms with Crippen LogP contribution in [0.1, 0.15) is 34.1 Å². The number of aromatic nitrogens is 1. The summed E-state index contributed by atoms with van der Waals surface area (Å²) in [6.07, 6.45) is 4.70. The minimum absolute atomic E-state index is 0.342. The van der Waals surface area contributed by atoms with E-state index in [4.69, 9.17) is 9.47 Å². The van der Waals surface area contributed by atoms with Gasteiger partial charge in [-0.3, -0.25) is 20.4 Å². The minimum Gasteiger partial charge on any atom is -0.493 e. The Balaban J connectivity index is 1.60. The Labute approximate surface area is 169 Å². The number of hydrazine groups is 1. The lowest BCUT2D eigenvalue weighted by atomic mass is 10.2. The van der Waals surface area contributed by atoms with E-state index in [-0.39, 0.29) is 0 Å². The minimum atomic E-state index is -0.456. The van der Waals surface area contributed by atoms with Crippen molar-refractivity contribution in [2.45, 2.75) is 13.3 Å². The number of benzene rings is 2. The van der Waals surface area contributed by atoms with Crippen molar-refractivity contribution in [1.29, 1.82) is 0 Å². The second kappa shape index (κ2) is 9.45. The van der Waals surface area contributed by atoms with Crippen molar-refractivity contribution in [2.24, 2.45) is 0 Å². The van der Waals surface area contributed by atoms with E-state index in [1.807, 2.05) is 48.1 Å². The van der Waals surface area contributed by atoms with Crippen LogP contribution in [0.4, 0.5) is 0 Å². The van der Waals surface area contributed by atoms with Gasteiger partial charge in [-0.2, -0.15) is 0 Å². The fourth-order valence-electron chi connectivity index (χ4n) is 2.69. The molecular weight excluding hydrogens is 370 g/mol. The molecule has 1 heterocycles. The molecule has 7 heteroatoms. The molecule has 0 aliphatic heterocycles. The molecule has 0 bridgehead atoms. The van der Waals surface area contributed by atoms with E-state index < -0.39 is 11.8 Å². The van der Waals surface area contributed by atoms with Gasteiger partial charge in [0.15, 0.2) is 11.5 Å². The molecule has 0 aliphatic carbocycles. The summed E-state index contributed by atoms with van der Waals surface area (Å²) in [6.45, 7) is 2.56. The van der Waals surface area contributed by atoms with Crippen LogP contribution in [0.3, 0.4) is 0 Å². The van der Waals surface area contributed by atoms with Gasteiger partial charge in [-0.1, -0.05) is 6.92 Å². The maximum absolute atomic E-state index is 12.4. The average molecular weight is 393 g/mol. The summed E-state index contributed by atoms with van der Waals surface area (Å²) in [5.41, 5.74) is 6.55. The van der Waals surface area contributed by atoms with Crippen molar-refractivity contribution in [3.8, 4) is 17.2 Å². The summed E-state index contributed by atoms with van der Waals surface area (Å²) in [5.74, 6) is 0.158. The van der Waals surface area contributed by atoms with Gasteiger partial charge in [0.05, 0.1) is 13.7 Å². The van der Waals surface area contributed by atoms with Crippen LogP contribution in [0.5, 0.6) is 11.5 Å². The first-order chi connectivity index (χ1) is 14.1. The number of amides is 2. The van der Waals surface area contributed by atoms with Crippen LogP contribution in [0, 0.1) is 0 Å². The number of rotatable bonds is 7. The Hall–Kier alpha value is -3.74. The predicted octanol–water partition coefficient (Wildman–Crippen LogP) is 3.35. The summed E-state index contributed by atoms with van der Waals surface area (Å²) < 4.78 is 12.8. The lowest BCUT2D eigenvalue weighted by Crippen LogP contribution is -2.41. The number of methoxy groups -OCH3 is 1. The Morgan fingerprint density at radius 1 is 0.897 bits per heavy atom. The van der Waals surface area contributed by atoms with E-state index in [2.05, 4.69) is 10.9 Å². The van der Waals surface area contributed by atoms with E-state index in [1.165, 1.54) is 7.11 Å². The normalized spacial score (nSPS) is 10.3. The fraction of sp³-hybridized carbons (Fsp3) is 0.182. The van der Waals surface area contributed by atoms with Gasteiger partial charge in [-0.15, -0.1) is 0 Å². The molecule has 0 fully saturated rings. The van der Waals surface area contributed by atoms with Gasteiger partial charge in [-0.05, 0) is 61.0 Å². The zero-order valence-electron chi connectivity index (χ0n) is 16.3. The van der Waals surface area contributed by atoms with Crippen molar-refractivity contribution >= 4 is 11.8 Å². The van der Waals surface area contributed by atoms with Gasteiger partial charge in [0.1, 0.15) is 0 Å². The van der Waals surface area contributed by atoms with Crippen molar-refractivity contribution < 1.29 is 19.1 Å². The van der Waals surface area contributed by atoms with Gasteiger partial charge in [0.2, 0.25) is 0 Å². The molecule has 2 amide bonds. The Morgan fingerprint density at radius 2 is 1.52 bits per heavy atom. The van der Waals surface area contributed by atoms with Crippen LogP contribution in [-0.4, -0.2) is 30.1 Å². The number of carbonyl (C=O) groups excluding carboxylic acids is 2. The molecular formula is C22H23N3O4. The highest BCUT2D eigenvalue weighted by Gasteiger charge is 2.13. The molecule has 0 atom stereocenters. The topological polar surface area (TPSA) is 81.6 Å². The zero-order valence-corrected chi connectivity index (χ0v) is 16.3. The fourth-order valence-corrected chi connectivity index (χ4v) is 2.69. The molecule has 2 aromatic carbocycles. The SMILES string of the molecule is CCCOc1ccc(C(=O)NNC(=O)c2ccc(-n3cccc3)cc2)cc1OC. The first-order valence-electron chi connectivity index (χ1n) is 9.27. The van der Waals surface area contributed by atoms with Crippen molar-refractivity contribution in [2.75, 3.05) is 13.7 Å². The molecule has 0 saturated carbocycles. The molecule has 29 heavy (non-hydrogen) atoms. The lowest BCUT2D eigenvalue weighted by molar-refractivity contribution is 0.0846. The number of nitrogens with zero attached hydrogens (tertiary/aromatic N) is 1. The molecule has 1 aromatic heterocycles. The maximum Gasteiger partial charge on any atom is 0.269 e. The van der Waals surface area contributed by atoms with E-state index in [1.54, 1.807) is 30.3 Å². The summed E-state index contributed by atoms with van der Waals surface area (Å²) in [4.78, 5) is 24.7. The molecule has 0 spiro atoms. The first kappa shape index (κ1) is 20.0. The second-order valence-electron chi connectivity index (χ2n) is 6.26. The number of hydrogen-bond donors (Lipinski definition) is 2. The highest BCUT2D eigenvalue weighted by atomic mass is 16.5. The second-order valence-corrected chi connectivity index (χ2v) is 6.26. The smallest absolute Gasteiger partial charge is 0.269 e. The lowest BCUT2D eigenvalue weighted by Gasteiger charge is -2.12. The average Bonchev–Trinajstić information content (AvgIpc) is 3.30. The third-order valence-electron chi connectivity index (χ3n) is 4.21. The number of ether oxygens (including phenoxy) is 2. The summed E-state index contributed by atoms with van der Waals surface area (Å²) >= 11 is 0. The molecule has 0 unspecified atom stereocenters. The van der Waals surface area contributed by atoms with Gasteiger partial charge < -0.3 is 14.0 Å². The standard InChI is InChI=1S/C22H23N3O4/c1-3-14-29-19-11-8-17(15-20(19)28-2)22(27)24-23-21(26)16-6-9-18(10-7-16)25-12-4-5-13-25/h4-13,15H,3,14H2,1-2H3,(H,23,26)(H,24,27). The molecule has 3 rings (SSSR count). The van der Waals surface area contributed by atoms with Crippen molar-refractivity contribution in [3.63, 3.8) is 0 Å². The van der Waals surface area contributed by atoms with Gasteiger partial charge in [0.25, 0.3) is 11.8 Å². The van der Waals surface area contributed by atoms with Gasteiger partial charge in [-0.25, -0.2) is 0 Å². The van der Waals surface area contributed by atoms with Crippen LogP contribution < -0.4 is 20.3 Å². The van der Waals surface area contributed by atoms with Crippen LogP contribution in [0.2, 0.25) is 0 Å². The molecule has 0 aliphatic rings. The van der Waals surface area contributed by atoms with Gasteiger partial charge in [0, 0.05) is 29.2 Å². The maximum atomic E-state index is 12.4. The van der Waals surface area contributed by atoms with E-state index >= 15 is 0 Å².